The number of nitrogens with one attached hydrogen (secondary N) is 1. The number of hydrogen-bond acceptors (Lipinski definition) is 4. The van der Waals surface area contributed by atoms with Gasteiger partial charge in [0.15, 0.2) is 0 Å². The maximum Gasteiger partial charge on any atom is 0.221 e. The van der Waals surface area contributed by atoms with Crippen LogP contribution in [-0.4, -0.2) is 66.1 Å². The highest BCUT2D eigenvalue weighted by molar-refractivity contribution is 5.76. The molecule has 2 heterocycles. The second-order valence-electron chi connectivity index (χ2n) is 6.65. The topological polar surface area (TPSA) is 61.6 Å². The summed E-state index contributed by atoms with van der Waals surface area (Å²) >= 11 is 0. The monoisotopic (exact) mass is 282 g/mol. The predicted octanol–water partition coefficient (Wildman–Crippen LogP) is 0.397. The molecule has 0 radical (unpaired) electrons. The van der Waals surface area contributed by atoms with Gasteiger partial charge in [0.05, 0.1) is 0 Å². The number of piperazine rings is 1. The van der Waals surface area contributed by atoms with Crippen LogP contribution in [0.15, 0.2) is 0 Å². The zero-order chi connectivity index (χ0) is 14.7. The summed E-state index contributed by atoms with van der Waals surface area (Å²) < 4.78 is 0. The molecule has 3 atom stereocenters. The summed E-state index contributed by atoms with van der Waals surface area (Å²) in [5.74, 6) is 0.122. The lowest BCUT2D eigenvalue weighted by Crippen LogP contribution is -2.60. The lowest BCUT2D eigenvalue weighted by molar-refractivity contribution is -0.123. The summed E-state index contributed by atoms with van der Waals surface area (Å²) in [7, 11) is 0. The summed E-state index contributed by atoms with van der Waals surface area (Å²) in [6.45, 7) is 10.2. The van der Waals surface area contributed by atoms with Crippen LogP contribution >= 0.6 is 0 Å². The number of nitrogens with zero attached hydrogens (tertiary/aromatic N) is 2. The molecule has 0 aromatic carbocycles. The van der Waals surface area contributed by atoms with E-state index >= 15 is 0 Å². The zero-order valence-corrected chi connectivity index (χ0v) is 13.1. The van der Waals surface area contributed by atoms with E-state index in [1.165, 1.54) is 19.4 Å². The third kappa shape index (κ3) is 3.71. The minimum Gasteiger partial charge on any atom is -0.354 e. The van der Waals surface area contributed by atoms with Gasteiger partial charge in [-0.2, -0.15) is 0 Å². The molecule has 2 aliphatic heterocycles. The van der Waals surface area contributed by atoms with E-state index in [0.717, 1.165) is 13.1 Å². The first-order valence-corrected chi connectivity index (χ1v) is 8.00. The SMILES string of the molecule is CC(C)NC(=O)CC(CN)N1CC2CCCN2CC1C. The molecule has 0 spiro atoms. The van der Waals surface area contributed by atoms with Crippen LogP contribution in [0.5, 0.6) is 0 Å². The van der Waals surface area contributed by atoms with Crippen LogP contribution < -0.4 is 11.1 Å². The van der Waals surface area contributed by atoms with E-state index in [4.69, 9.17) is 5.73 Å². The fraction of sp³-hybridized carbons (Fsp3) is 0.933. The Morgan fingerprint density at radius 1 is 1.40 bits per heavy atom. The summed E-state index contributed by atoms with van der Waals surface area (Å²) in [4.78, 5) is 17.1. The van der Waals surface area contributed by atoms with Crippen molar-refractivity contribution in [3.8, 4) is 0 Å². The third-order valence-electron chi connectivity index (χ3n) is 4.60. The van der Waals surface area contributed by atoms with Gasteiger partial charge in [0, 0.05) is 50.2 Å². The van der Waals surface area contributed by atoms with Crippen molar-refractivity contribution in [3.05, 3.63) is 0 Å². The Balaban J connectivity index is 1.94. The van der Waals surface area contributed by atoms with Crippen LogP contribution in [0.4, 0.5) is 0 Å². The molecule has 2 saturated heterocycles. The van der Waals surface area contributed by atoms with E-state index in [1.54, 1.807) is 0 Å². The van der Waals surface area contributed by atoms with Gasteiger partial charge in [0.25, 0.3) is 0 Å². The Bertz CT molecular complexity index is 334. The van der Waals surface area contributed by atoms with E-state index < -0.39 is 0 Å². The van der Waals surface area contributed by atoms with E-state index in [2.05, 4.69) is 22.0 Å². The van der Waals surface area contributed by atoms with Crippen LogP contribution in [0.1, 0.15) is 40.0 Å². The van der Waals surface area contributed by atoms with Crippen molar-refractivity contribution in [2.45, 2.75) is 64.2 Å². The number of carbonyl (C=O) groups is 1. The Morgan fingerprint density at radius 3 is 2.80 bits per heavy atom. The van der Waals surface area contributed by atoms with Gasteiger partial charge in [-0.1, -0.05) is 0 Å². The molecule has 2 fully saturated rings. The standard InChI is InChI=1S/C15H30N4O/c1-11(2)17-15(20)7-14(8-16)19-10-13-5-4-6-18(13)9-12(19)3/h11-14H,4-10,16H2,1-3H3,(H,17,20). The molecule has 20 heavy (non-hydrogen) atoms. The van der Waals surface area contributed by atoms with Crippen LogP contribution in [-0.2, 0) is 4.79 Å². The van der Waals surface area contributed by atoms with Crippen molar-refractivity contribution in [1.82, 2.24) is 15.1 Å². The van der Waals surface area contributed by atoms with Gasteiger partial charge in [0.2, 0.25) is 5.91 Å². The van der Waals surface area contributed by atoms with Gasteiger partial charge in [-0.15, -0.1) is 0 Å². The quantitative estimate of drug-likeness (QED) is 0.766. The minimum atomic E-state index is 0.122. The molecule has 0 aliphatic carbocycles. The van der Waals surface area contributed by atoms with E-state index in [0.29, 0.717) is 25.0 Å². The fourth-order valence-corrected chi connectivity index (χ4v) is 3.65. The molecule has 3 unspecified atom stereocenters. The Morgan fingerprint density at radius 2 is 2.15 bits per heavy atom. The Labute approximate surface area is 122 Å². The molecule has 0 bridgehead atoms. The third-order valence-corrected chi connectivity index (χ3v) is 4.60. The van der Waals surface area contributed by atoms with Crippen molar-refractivity contribution in [2.75, 3.05) is 26.2 Å². The molecule has 0 aromatic heterocycles. The second-order valence-corrected chi connectivity index (χ2v) is 6.65. The van der Waals surface area contributed by atoms with Crippen molar-refractivity contribution >= 4 is 5.91 Å². The van der Waals surface area contributed by atoms with Gasteiger partial charge < -0.3 is 11.1 Å². The van der Waals surface area contributed by atoms with Gasteiger partial charge in [0.1, 0.15) is 0 Å². The van der Waals surface area contributed by atoms with E-state index in [-0.39, 0.29) is 18.0 Å². The molecular formula is C15H30N4O. The lowest BCUT2D eigenvalue weighted by atomic mass is 10.0. The van der Waals surface area contributed by atoms with Crippen molar-refractivity contribution < 1.29 is 4.79 Å². The number of rotatable bonds is 5. The second kappa shape index (κ2) is 6.87. The molecule has 5 nitrogen and oxygen atoms in total. The molecule has 2 aliphatic rings. The van der Waals surface area contributed by atoms with Crippen LogP contribution in [0.2, 0.25) is 0 Å². The zero-order valence-electron chi connectivity index (χ0n) is 13.1. The van der Waals surface area contributed by atoms with Crippen LogP contribution in [0.25, 0.3) is 0 Å². The Kier molecular flexibility index (Phi) is 5.41. The van der Waals surface area contributed by atoms with E-state index in [1.807, 2.05) is 13.8 Å². The van der Waals surface area contributed by atoms with Gasteiger partial charge >= 0.3 is 0 Å². The molecule has 0 saturated carbocycles. The summed E-state index contributed by atoms with van der Waals surface area (Å²) in [6.07, 6.45) is 3.12. The van der Waals surface area contributed by atoms with Gasteiger partial charge in [-0.3, -0.25) is 14.6 Å². The first kappa shape index (κ1) is 15.7. The first-order valence-electron chi connectivity index (χ1n) is 8.00. The van der Waals surface area contributed by atoms with Crippen molar-refractivity contribution in [1.29, 1.82) is 0 Å². The minimum absolute atomic E-state index is 0.122. The largest absolute Gasteiger partial charge is 0.354 e. The average Bonchev–Trinajstić information content (AvgIpc) is 2.81. The highest BCUT2D eigenvalue weighted by Crippen LogP contribution is 2.26. The molecule has 1 amide bonds. The average molecular weight is 282 g/mol. The Hall–Kier alpha value is -0.650. The van der Waals surface area contributed by atoms with E-state index in [9.17, 15) is 4.79 Å². The van der Waals surface area contributed by atoms with Gasteiger partial charge in [-0.25, -0.2) is 0 Å². The number of nitrogens with two attached hydrogens (primary N) is 1. The van der Waals surface area contributed by atoms with Crippen molar-refractivity contribution in [3.63, 3.8) is 0 Å². The number of carbonyl (C=O) groups excluding carboxylic acids is 1. The lowest BCUT2D eigenvalue weighted by Gasteiger charge is -2.45. The molecule has 2 rings (SSSR count). The highest BCUT2D eigenvalue weighted by atomic mass is 16.1. The van der Waals surface area contributed by atoms with Crippen LogP contribution in [0, 0.1) is 0 Å². The molecule has 3 N–H and O–H groups in total. The predicted molar refractivity (Wildman–Crippen MR) is 81.5 cm³/mol. The summed E-state index contributed by atoms with van der Waals surface area (Å²) in [6, 6.07) is 1.54. The van der Waals surface area contributed by atoms with Gasteiger partial charge in [-0.05, 0) is 40.2 Å². The summed E-state index contributed by atoms with van der Waals surface area (Å²) in [5.41, 5.74) is 5.95. The molecule has 0 aromatic rings. The highest BCUT2D eigenvalue weighted by Gasteiger charge is 2.37. The smallest absolute Gasteiger partial charge is 0.221 e. The number of amides is 1. The maximum atomic E-state index is 12.0. The summed E-state index contributed by atoms with van der Waals surface area (Å²) in [5, 5.41) is 2.98. The van der Waals surface area contributed by atoms with Crippen molar-refractivity contribution in [2.24, 2.45) is 5.73 Å². The molecular weight excluding hydrogens is 252 g/mol. The van der Waals surface area contributed by atoms with Crippen LogP contribution in [0.3, 0.4) is 0 Å². The number of fused-ring (bicyclic) bond motifs is 1. The molecule has 116 valence electrons. The molecule has 5 heteroatoms. The maximum absolute atomic E-state index is 12.0. The first-order chi connectivity index (χ1) is 9.51. The fourth-order valence-electron chi connectivity index (χ4n) is 3.65. The number of hydrogen-bond donors (Lipinski definition) is 2. The normalized spacial score (nSPS) is 29.4.